The van der Waals surface area contributed by atoms with Crippen molar-refractivity contribution in [2.45, 2.75) is 66.2 Å². The van der Waals surface area contributed by atoms with Gasteiger partial charge in [-0.3, -0.25) is 0 Å². The molecular weight excluding hydrogens is 300 g/mol. The van der Waals surface area contributed by atoms with Crippen molar-refractivity contribution in [2.75, 3.05) is 0 Å². The summed E-state index contributed by atoms with van der Waals surface area (Å²) in [5, 5.41) is 0. The van der Waals surface area contributed by atoms with Crippen LogP contribution in [0.4, 0.5) is 0 Å². The largest absolute Gasteiger partial charge is 0.100 e. The molecule has 0 spiro atoms. The minimum atomic E-state index is 0.460. The Morgan fingerprint density at radius 3 is 2.24 bits per heavy atom. The first kappa shape index (κ1) is 21.2. The number of hydrogen-bond donors (Lipinski definition) is 0. The number of unbranched alkanes of at least 4 members (excludes halogenated alkanes) is 1. The third-order valence-electron chi connectivity index (χ3n) is 4.87. The molecule has 0 amide bonds. The lowest BCUT2D eigenvalue weighted by molar-refractivity contribution is 0.574. The second kappa shape index (κ2) is 10.2. The minimum absolute atomic E-state index is 0.460. The van der Waals surface area contributed by atoms with Gasteiger partial charge in [0.1, 0.15) is 0 Å². The van der Waals surface area contributed by atoms with Crippen LogP contribution in [0.5, 0.6) is 0 Å². The average molecular weight is 337 g/mol. The van der Waals surface area contributed by atoms with Gasteiger partial charge in [-0.05, 0) is 81.1 Å². The molecule has 0 heteroatoms. The van der Waals surface area contributed by atoms with Gasteiger partial charge in [0.25, 0.3) is 0 Å². The van der Waals surface area contributed by atoms with Crippen molar-refractivity contribution in [2.24, 2.45) is 5.92 Å². The third-order valence-corrected chi connectivity index (χ3v) is 4.87. The Morgan fingerprint density at radius 1 is 1.04 bits per heavy atom. The summed E-state index contributed by atoms with van der Waals surface area (Å²) in [7, 11) is 0. The summed E-state index contributed by atoms with van der Waals surface area (Å²) in [5.74, 6) is 0.460. The number of rotatable bonds is 11. The normalized spacial score (nSPS) is 11.8. The van der Waals surface area contributed by atoms with Gasteiger partial charge in [0.15, 0.2) is 0 Å². The molecule has 0 fully saturated rings. The summed E-state index contributed by atoms with van der Waals surface area (Å²) in [6, 6.07) is 6.59. The maximum atomic E-state index is 4.48. The van der Waals surface area contributed by atoms with Gasteiger partial charge < -0.3 is 0 Å². The van der Waals surface area contributed by atoms with Crippen molar-refractivity contribution < 1.29 is 0 Å². The highest BCUT2D eigenvalue weighted by Gasteiger charge is 2.17. The lowest BCUT2D eigenvalue weighted by Crippen LogP contribution is -2.06. The molecule has 0 bridgehead atoms. The molecule has 0 N–H and O–H groups in total. The predicted octanol–water partition coefficient (Wildman–Crippen LogP) is 8.01. The van der Waals surface area contributed by atoms with Crippen LogP contribution in [0.2, 0.25) is 0 Å². The van der Waals surface area contributed by atoms with E-state index in [1.807, 2.05) is 0 Å². The van der Waals surface area contributed by atoms with Crippen molar-refractivity contribution in [1.29, 1.82) is 0 Å². The van der Waals surface area contributed by atoms with Gasteiger partial charge in [-0.25, -0.2) is 0 Å². The second-order valence-electron chi connectivity index (χ2n) is 7.57. The molecule has 136 valence electrons. The molecule has 0 saturated carbocycles. The lowest BCUT2D eigenvalue weighted by atomic mass is 9.82. The van der Waals surface area contributed by atoms with E-state index >= 15 is 0 Å². The van der Waals surface area contributed by atoms with E-state index in [0.717, 1.165) is 31.3 Å². The van der Waals surface area contributed by atoms with Crippen LogP contribution in [0.3, 0.4) is 0 Å². The average Bonchev–Trinajstić information content (AvgIpc) is 2.55. The Morgan fingerprint density at radius 2 is 1.72 bits per heavy atom. The lowest BCUT2D eigenvalue weighted by Gasteiger charge is -2.22. The van der Waals surface area contributed by atoms with E-state index < -0.39 is 0 Å². The van der Waals surface area contributed by atoms with Crippen LogP contribution in [-0.2, 0) is 6.42 Å². The topological polar surface area (TPSA) is 0 Å². The maximum absolute atomic E-state index is 4.48. The fourth-order valence-electron chi connectivity index (χ4n) is 3.29. The zero-order chi connectivity index (χ0) is 19.0. The number of hydrogen-bond acceptors (Lipinski definition) is 0. The summed E-state index contributed by atoms with van der Waals surface area (Å²) >= 11 is 0. The molecule has 0 aromatic heterocycles. The van der Waals surface area contributed by atoms with E-state index in [1.165, 1.54) is 46.3 Å². The van der Waals surface area contributed by atoms with E-state index in [9.17, 15) is 0 Å². The molecule has 0 aliphatic carbocycles. The van der Waals surface area contributed by atoms with Crippen molar-refractivity contribution in [3.8, 4) is 0 Å². The number of aryl methyl sites for hydroxylation is 1. The SMILES string of the molecule is C=C(C)CCC(CC(=C)c1c(CCCC)cccc1C(=C)C)C(=C)C. The van der Waals surface area contributed by atoms with Crippen LogP contribution in [-0.4, -0.2) is 0 Å². The molecule has 0 aliphatic rings. The highest BCUT2D eigenvalue weighted by Crippen LogP contribution is 2.35. The van der Waals surface area contributed by atoms with Crippen LogP contribution >= 0.6 is 0 Å². The van der Waals surface area contributed by atoms with Gasteiger partial charge in [-0.15, -0.1) is 6.58 Å². The summed E-state index contributed by atoms with van der Waals surface area (Å²) in [6.45, 7) is 25.5. The molecule has 1 atom stereocenters. The summed E-state index contributed by atoms with van der Waals surface area (Å²) in [6.07, 6.45) is 6.63. The summed E-state index contributed by atoms with van der Waals surface area (Å²) < 4.78 is 0. The molecular formula is C25H36. The Kier molecular flexibility index (Phi) is 8.69. The molecule has 0 saturated heterocycles. The molecule has 1 aromatic carbocycles. The monoisotopic (exact) mass is 336 g/mol. The van der Waals surface area contributed by atoms with Gasteiger partial charge in [-0.1, -0.05) is 68.0 Å². The fourth-order valence-corrected chi connectivity index (χ4v) is 3.29. The van der Waals surface area contributed by atoms with E-state index in [-0.39, 0.29) is 0 Å². The molecule has 0 heterocycles. The van der Waals surface area contributed by atoms with Gasteiger partial charge >= 0.3 is 0 Å². The van der Waals surface area contributed by atoms with Crippen LogP contribution in [0.15, 0.2) is 55.7 Å². The standard InChI is InChI=1S/C25H36/c1-9-10-12-22-13-11-14-24(20(6)7)25(22)21(8)17-23(19(4)5)16-15-18(2)3/h11,13-14,23H,2,4,6,8-10,12,15-17H2,1,3,5,7H3. The Bertz CT molecular complexity index is 642. The zero-order valence-electron chi connectivity index (χ0n) is 16.9. The molecule has 0 radical (unpaired) electrons. The fraction of sp³-hybridized carbons (Fsp3) is 0.440. The first-order valence-corrected chi connectivity index (χ1v) is 9.53. The number of allylic oxidation sites excluding steroid dienone is 4. The van der Waals surface area contributed by atoms with Crippen LogP contribution < -0.4 is 0 Å². The first-order valence-electron chi connectivity index (χ1n) is 9.53. The van der Waals surface area contributed by atoms with Crippen molar-refractivity contribution >= 4 is 11.1 Å². The van der Waals surface area contributed by atoms with Crippen LogP contribution in [0.1, 0.15) is 76.5 Å². The molecule has 25 heavy (non-hydrogen) atoms. The first-order chi connectivity index (χ1) is 11.8. The smallest absolute Gasteiger partial charge is 0.0123 e. The van der Waals surface area contributed by atoms with E-state index in [0.29, 0.717) is 5.92 Å². The number of benzene rings is 1. The summed E-state index contributed by atoms with van der Waals surface area (Å²) in [5.41, 5.74) is 8.80. The predicted molar refractivity (Wildman–Crippen MR) is 116 cm³/mol. The quantitative estimate of drug-likeness (QED) is 0.359. The van der Waals surface area contributed by atoms with E-state index in [2.05, 4.69) is 72.2 Å². The van der Waals surface area contributed by atoms with Crippen molar-refractivity contribution in [3.05, 3.63) is 72.4 Å². The van der Waals surface area contributed by atoms with Gasteiger partial charge in [0, 0.05) is 0 Å². The maximum Gasteiger partial charge on any atom is -0.0123 e. The third kappa shape index (κ3) is 6.53. The Balaban J connectivity index is 3.14. The molecule has 1 rings (SSSR count). The Labute approximate surface area is 156 Å². The molecule has 1 unspecified atom stereocenters. The van der Waals surface area contributed by atoms with E-state index in [1.54, 1.807) is 0 Å². The van der Waals surface area contributed by atoms with Crippen LogP contribution in [0, 0.1) is 5.92 Å². The van der Waals surface area contributed by atoms with E-state index in [4.69, 9.17) is 0 Å². The molecule has 1 aromatic rings. The minimum Gasteiger partial charge on any atom is -0.100 e. The van der Waals surface area contributed by atoms with Gasteiger partial charge in [0.05, 0.1) is 0 Å². The Hall–Kier alpha value is -1.82. The highest BCUT2D eigenvalue weighted by atomic mass is 14.2. The van der Waals surface area contributed by atoms with Crippen LogP contribution in [0.25, 0.3) is 11.1 Å². The summed E-state index contributed by atoms with van der Waals surface area (Å²) in [4.78, 5) is 0. The molecule has 0 aliphatic heterocycles. The van der Waals surface area contributed by atoms with Gasteiger partial charge in [0.2, 0.25) is 0 Å². The van der Waals surface area contributed by atoms with Crippen molar-refractivity contribution in [3.63, 3.8) is 0 Å². The second-order valence-corrected chi connectivity index (χ2v) is 7.57. The molecule has 0 nitrogen and oxygen atoms in total. The van der Waals surface area contributed by atoms with Crippen molar-refractivity contribution in [1.82, 2.24) is 0 Å². The zero-order valence-corrected chi connectivity index (χ0v) is 16.9. The van der Waals surface area contributed by atoms with Gasteiger partial charge in [-0.2, -0.15) is 0 Å². The highest BCUT2D eigenvalue weighted by molar-refractivity contribution is 5.79.